The second-order valence-corrected chi connectivity index (χ2v) is 7.71. The fourth-order valence-electron chi connectivity index (χ4n) is 3.19. The van der Waals surface area contributed by atoms with Crippen LogP contribution in [0.15, 0.2) is 40.5 Å². The lowest BCUT2D eigenvalue weighted by molar-refractivity contribution is -0.128. The molecule has 8 nitrogen and oxygen atoms in total. The number of fused-ring (bicyclic) bond motifs is 1. The number of amides is 1. The summed E-state index contributed by atoms with van der Waals surface area (Å²) < 4.78 is 3.06. The van der Waals surface area contributed by atoms with Crippen molar-refractivity contribution in [2.24, 2.45) is 0 Å². The molecule has 3 heterocycles. The van der Waals surface area contributed by atoms with Gasteiger partial charge in [0.2, 0.25) is 5.91 Å². The Morgan fingerprint density at radius 2 is 2.07 bits per heavy atom. The molecule has 0 fully saturated rings. The van der Waals surface area contributed by atoms with E-state index in [-0.39, 0.29) is 12.0 Å². The summed E-state index contributed by atoms with van der Waals surface area (Å²) in [4.78, 5) is 29.8. The second kappa shape index (κ2) is 7.43. The van der Waals surface area contributed by atoms with Crippen molar-refractivity contribution in [1.82, 2.24) is 24.6 Å². The largest absolute Gasteiger partial charge is 0.289 e. The van der Waals surface area contributed by atoms with Gasteiger partial charge in [0.1, 0.15) is 5.69 Å². The number of nitrogens with one attached hydrogen (secondary N) is 1. The third-order valence-electron chi connectivity index (χ3n) is 4.51. The molecule has 0 aliphatic rings. The van der Waals surface area contributed by atoms with E-state index < -0.39 is 5.91 Å². The van der Waals surface area contributed by atoms with Crippen molar-refractivity contribution < 1.29 is 10.0 Å². The van der Waals surface area contributed by atoms with Crippen molar-refractivity contribution in [3.8, 4) is 16.9 Å². The van der Waals surface area contributed by atoms with Crippen LogP contribution in [-0.4, -0.2) is 30.3 Å². The zero-order chi connectivity index (χ0) is 20.7. The molecule has 1 aromatic carbocycles. The van der Waals surface area contributed by atoms with Gasteiger partial charge < -0.3 is 0 Å². The summed E-state index contributed by atoms with van der Waals surface area (Å²) in [5, 5.41) is 15.6. The van der Waals surface area contributed by atoms with E-state index in [0.29, 0.717) is 38.3 Å². The normalized spacial score (nSPS) is 11.2. The van der Waals surface area contributed by atoms with E-state index in [0.717, 1.165) is 5.69 Å². The SMILES string of the molecule is Cc1nc2scc(CC(=O)NO)n2c(=O)c1-c1cc(C)n(-c2ccccc2Cl)n1. The summed E-state index contributed by atoms with van der Waals surface area (Å²) in [5.41, 5.74) is 4.58. The second-order valence-electron chi connectivity index (χ2n) is 6.47. The highest BCUT2D eigenvalue weighted by molar-refractivity contribution is 7.15. The molecule has 0 bridgehead atoms. The molecule has 0 radical (unpaired) electrons. The molecule has 0 saturated heterocycles. The first-order chi connectivity index (χ1) is 13.9. The van der Waals surface area contributed by atoms with E-state index in [1.54, 1.807) is 34.6 Å². The number of aryl methyl sites for hydroxylation is 2. The van der Waals surface area contributed by atoms with Gasteiger partial charge in [-0.2, -0.15) is 5.10 Å². The molecule has 0 atom stereocenters. The van der Waals surface area contributed by atoms with Gasteiger partial charge in [0.25, 0.3) is 5.56 Å². The van der Waals surface area contributed by atoms with E-state index in [9.17, 15) is 9.59 Å². The average Bonchev–Trinajstić information content (AvgIpc) is 3.25. The van der Waals surface area contributed by atoms with Crippen LogP contribution in [0.2, 0.25) is 5.02 Å². The molecule has 3 aromatic heterocycles. The topological polar surface area (TPSA) is 102 Å². The Hall–Kier alpha value is -3.01. The molecule has 10 heteroatoms. The molecule has 148 valence electrons. The summed E-state index contributed by atoms with van der Waals surface area (Å²) in [6, 6.07) is 9.11. The first-order valence-corrected chi connectivity index (χ1v) is 9.91. The van der Waals surface area contributed by atoms with Crippen LogP contribution in [0.25, 0.3) is 21.9 Å². The predicted octanol–water partition coefficient (Wildman–Crippen LogP) is 2.93. The number of para-hydroxylation sites is 1. The molecule has 4 aromatic rings. The number of hydrogen-bond acceptors (Lipinski definition) is 6. The van der Waals surface area contributed by atoms with E-state index in [2.05, 4.69) is 10.1 Å². The highest BCUT2D eigenvalue weighted by atomic mass is 35.5. The molecule has 0 saturated carbocycles. The maximum absolute atomic E-state index is 13.3. The van der Waals surface area contributed by atoms with Crippen LogP contribution in [0, 0.1) is 13.8 Å². The lowest BCUT2D eigenvalue weighted by atomic mass is 10.1. The Balaban J connectivity index is 1.90. The Morgan fingerprint density at radius 1 is 1.31 bits per heavy atom. The number of hydrogen-bond donors (Lipinski definition) is 2. The predicted molar refractivity (Wildman–Crippen MR) is 110 cm³/mol. The molecule has 1 amide bonds. The zero-order valence-electron chi connectivity index (χ0n) is 15.5. The Kier molecular flexibility index (Phi) is 4.95. The van der Waals surface area contributed by atoms with Crippen LogP contribution in [0.4, 0.5) is 0 Å². The minimum atomic E-state index is -0.613. The van der Waals surface area contributed by atoms with Gasteiger partial charge in [0.05, 0.1) is 28.4 Å². The minimum Gasteiger partial charge on any atom is -0.289 e. The van der Waals surface area contributed by atoms with Crippen molar-refractivity contribution in [3.63, 3.8) is 0 Å². The van der Waals surface area contributed by atoms with Gasteiger partial charge in [-0.15, -0.1) is 11.3 Å². The van der Waals surface area contributed by atoms with Crippen molar-refractivity contribution in [1.29, 1.82) is 0 Å². The maximum Gasteiger partial charge on any atom is 0.268 e. The number of carbonyl (C=O) groups is 1. The zero-order valence-corrected chi connectivity index (χ0v) is 17.1. The van der Waals surface area contributed by atoms with E-state index in [1.807, 2.05) is 25.1 Å². The van der Waals surface area contributed by atoms with Crippen LogP contribution in [-0.2, 0) is 11.2 Å². The van der Waals surface area contributed by atoms with Crippen LogP contribution in [0.3, 0.4) is 0 Å². The standard InChI is InChI=1S/C19H16ClN5O3S/c1-10-7-14(22-25(10)15-6-4-3-5-13(15)20)17-11(2)21-19-24(18(17)27)12(9-29-19)8-16(26)23-28/h3-7,9,28H,8H2,1-2H3,(H,23,26). The lowest BCUT2D eigenvalue weighted by Crippen LogP contribution is -2.25. The Labute approximate surface area is 174 Å². The van der Waals surface area contributed by atoms with Crippen LogP contribution < -0.4 is 11.0 Å². The summed E-state index contributed by atoms with van der Waals surface area (Å²) in [6.07, 6.45) is -0.145. The number of nitrogens with zero attached hydrogens (tertiary/aromatic N) is 4. The Morgan fingerprint density at radius 3 is 2.79 bits per heavy atom. The molecule has 0 aliphatic carbocycles. The van der Waals surface area contributed by atoms with Crippen molar-refractivity contribution in [2.45, 2.75) is 20.3 Å². The monoisotopic (exact) mass is 429 g/mol. The number of carbonyl (C=O) groups excluding carboxylic acids is 1. The van der Waals surface area contributed by atoms with E-state index in [1.165, 1.54) is 15.7 Å². The number of benzene rings is 1. The van der Waals surface area contributed by atoms with Gasteiger partial charge in [-0.3, -0.25) is 19.2 Å². The van der Waals surface area contributed by atoms with Gasteiger partial charge in [-0.1, -0.05) is 23.7 Å². The smallest absolute Gasteiger partial charge is 0.268 e. The van der Waals surface area contributed by atoms with Crippen molar-refractivity contribution in [2.75, 3.05) is 0 Å². The number of thiazole rings is 1. The maximum atomic E-state index is 13.3. The molecular formula is C19H16ClN5O3S. The summed E-state index contributed by atoms with van der Waals surface area (Å²) >= 11 is 7.55. The average molecular weight is 430 g/mol. The van der Waals surface area contributed by atoms with Gasteiger partial charge in [-0.05, 0) is 32.0 Å². The quantitative estimate of drug-likeness (QED) is 0.383. The van der Waals surface area contributed by atoms with Gasteiger partial charge in [0.15, 0.2) is 4.96 Å². The molecule has 0 unspecified atom stereocenters. The first kappa shape index (κ1) is 19.3. The van der Waals surface area contributed by atoms with Gasteiger partial charge >= 0.3 is 0 Å². The third kappa shape index (κ3) is 3.33. The number of rotatable bonds is 4. The number of aromatic nitrogens is 4. The molecule has 4 rings (SSSR count). The van der Waals surface area contributed by atoms with Crippen LogP contribution in [0.1, 0.15) is 17.1 Å². The molecule has 2 N–H and O–H groups in total. The number of halogens is 1. The molecular weight excluding hydrogens is 414 g/mol. The van der Waals surface area contributed by atoms with Crippen LogP contribution in [0.5, 0.6) is 0 Å². The third-order valence-corrected chi connectivity index (χ3v) is 5.71. The lowest BCUT2D eigenvalue weighted by Gasteiger charge is -2.07. The minimum absolute atomic E-state index is 0.145. The van der Waals surface area contributed by atoms with Gasteiger partial charge in [-0.25, -0.2) is 15.1 Å². The number of hydroxylamine groups is 1. The summed E-state index contributed by atoms with van der Waals surface area (Å²) in [6.45, 7) is 3.63. The highest BCUT2D eigenvalue weighted by Crippen LogP contribution is 2.26. The molecule has 29 heavy (non-hydrogen) atoms. The summed E-state index contributed by atoms with van der Waals surface area (Å²) in [5.74, 6) is -0.613. The molecule has 0 spiro atoms. The van der Waals surface area contributed by atoms with E-state index >= 15 is 0 Å². The van der Waals surface area contributed by atoms with Crippen molar-refractivity contribution in [3.05, 3.63) is 68.2 Å². The fourth-order valence-corrected chi connectivity index (χ4v) is 4.33. The first-order valence-electron chi connectivity index (χ1n) is 8.65. The fraction of sp³-hybridized carbons (Fsp3) is 0.158. The summed E-state index contributed by atoms with van der Waals surface area (Å²) in [7, 11) is 0. The van der Waals surface area contributed by atoms with E-state index in [4.69, 9.17) is 16.8 Å². The van der Waals surface area contributed by atoms with Crippen LogP contribution >= 0.6 is 22.9 Å². The van der Waals surface area contributed by atoms with Gasteiger partial charge in [0, 0.05) is 16.8 Å². The highest BCUT2D eigenvalue weighted by Gasteiger charge is 2.20. The Bertz CT molecular complexity index is 1310. The van der Waals surface area contributed by atoms with Crippen molar-refractivity contribution >= 4 is 33.8 Å². The molecule has 0 aliphatic heterocycles.